The van der Waals surface area contributed by atoms with Gasteiger partial charge in [-0.2, -0.15) is 0 Å². The Morgan fingerprint density at radius 3 is 2.61 bits per heavy atom. The van der Waals surface area contributed by atoms with E-state index < -0.39 is 0 Å². The van der Waals surface area contributed by atoms with Gasteiger partial charge in [0.05, 0.1) is 0 Å². The molecule has 1 fully saturated rings. The topological polar surface area (TPSA) is 52.6 Å². The maximum absolute atomic E-state index is 11.7. The number of phenolic OH excluding ortho intramolecular Hbond substituents is 1. The van der Waals surface area contributed by atoms with Gasteiger partial charge in [0.15, 0.2) is 0 Å². The summed E-state index contributed by atoms with van der Waals surface area (Å²) in [5.41, 5.74) is 0.840. The number of likely N-dealkylation sites (tertiary alicyclic amines) is 1. The van der Waals surface area contributed by atoms with Gasteiger partial charge >= 0.3 is 0 Å². The fourth-order valence-corrected chi connectivity index (χ4v) is 3.59. The van der Waals surface area contributed by atoms with E-state index in [2.05, 4.69) is 10.2 Å². The summed E-state index contributed by atoms with van der Waals surface area (Å²) in [6, 6.07) is 9.46. The number of piperidine rings is 1. The summed E-state index contributed by atoms with van der Waals surface area (Å²) in [5.74, 6) is 0.532. The lowest BCUT2D eigenvalue weighted by molar-refractivity contribution is -0.125. The monoisotopic (exact) mass is 332 g/mol. The van der Waals surface area contributed by atoms with Crippen molar-refractivity contribution in [1.82, 2.24) is 10.2 Å². The fraction of sp³-hybridized carbons (Fsp3) is 0.389. The normalized spacial score (nSPS) is 16.6. The summed E-state index contributed by atoms with van der Waals surface area (Å²) >= 11 is 6.35. The molecule has 0 bridgehead atoms. The van der Waals surface area contributed by atoms with Crippen LogP contribution in [0.1, 0.15) is 18.4 Å². The molecule has 5 heteroatoms. The summed E-state index contributed by atoms with van der Waals surface area (Å²) in [5, 5.41) is 15.6. The van der Waals surface area contributed by atoms with E-state index in [1.807, 2.05) is 30.3 Å². The quantitative estimate of drug-likeness (QED) is 0.907. The number of carbonyl (C=O) groups excluding carboxylic acids is 1. The zero-order chi connectivity index (χ0) is 16.4. The Labute approximate surface area is 141 Å². The van der Waals surface area contributed by atoms with Crippen LogP contribution < -0.4 is 5.32 Å². The van der Waals surface area contributed by atoms with Gasteiger partial charge < -0.3 is 10.4 Å². The van der Waals surface area contributed by atoms with Crippen molar-refractivity contribution in [3.8, 4) is 5.75 Å². The van der Waals surface area contributed by atoms with Gasteiger partial charge in [-0.25, -0.2) is 0 Å². The van der Waals surface area contributed by atoms with Crippen molar-refractivity contribution in [1.29, 1.82) is 0 Å². The van der Waals surface area contributed by atoms with Crippen molar-refractivity contribution in [2.45, 2.75) is 19.4 Å². The zero-order valence-electron chi connectivity index (χ0n) is 13.2. The number of benzene rings is 2. The third-order valence-electron chi connectivity index (χ3n) is 4.64. The van der Waals surface area contributed by atoms with Crippen LogP contribution in [0.3, 0.4) is 0 Å². The molecule has 2 N–H and O–H groups in total. The van der Waals surface area contributed by atoms with Crippen molar-refractivity contribution in [3.05, 3.63) is 40.9 Å². The lowest BCUT2D eigenvalue weighted by atomic mass is 9.95. The highest BCUT2D eigenvalue weighted by atomic mass is 35.5. The van der Waals surface area contributed by atoms with E-state index in [4.69, 9.17) is 11.6 Å². The van der Waals surface area contributed by atoms with Gasteiger partial charge in [-0.15, -0.1) is 0 Å². The van der Waals surface area contributed by atoms with Crippen LogP contribution in [-0.2, 0) is 11.3 Å². The number of hydrogen-bond acceptors (Lipinski definition) is 3. The number of halogens is 1. The molecular weight excluding hydrogens is 312 g/mol. The minimum Gasteiger partial charge on any atom is -0.507 e. The first-order valence-electron chi connectivity index (χ1n) is 7.93. The number of phenols is 1. The number of nitrogens with one attached hydrogen (secondary N) is 1. The molecule has 3 rings (SSSR count). The van der Waals surface area contributed by atoms with Crippen LogP contribution in [0.15, 0.2) is 30.3 Å². The van der Waals surface area contributed by atoms with E-state index >= 15 is 0 Å². The van der Waals surface area contributed by atoms with Crippen LogP contribution in [-0.4, -0.2) is 36.1 Å². The molecule has 0 aliphatic carbocycles. The second kappa shape index (κ2) is 6.77. The summed E-state index contributed by atoms with van der Waals surface area (Å²) < 4.78 is 0. The Morgan fingerprint density at radius 2 is 1.96 bits per heavy atom. The van der Waals surface area contributed by atoms with E-state index in [-0.39, 0.29) is 11.8 Å². The van der Waals surface area contributed by atoms with E-state index in [1.165, 1.54) is 0 Å². The van der Waals surface area contributed by atoms with Crippen molar-refractivity contribution >= 4 is 28.3 Å². The molecule has 1 aliphatic heterocycles. The largest absolute Gasteiger partial charge is 0.507 e. The number of rotatable bonds is 3. The highest BCUT2D eigenvalue weighted by Crippen LogP contribution is 2.35. The van der Waals surface area contributed by atoms with Gasteiger partial charge in [-0.05, 0) is 32.0 Å². The highest BCUT2D eigenvalue weighted by molar-refractivity contribution is 6.35. The maximum atomic E-state index is 11.7. The molecule has 0 atom stereocenters. The Kier molecular flexibility index (Phi) is 4.74. The van der Waals surface area contributed by atoms with Crippen molar-refractivity contribution in [3.63, 3.8) is 0 Å². The van der Waals surface area contributed by atoms with Crippen LogP contribution in [0.25, 0.3) is 10.8 Å². The standard InChI is InChI=1S/C18H21ClN2O2/c1-20-18(23)12-6-8-21(9-7-12)11-13-10-16(19)14-4-2-3-5-15(14)17(13)22/h2-5,10,12,22H,6-9,11H2,1H3,(H,20,23). The first kappa shape index (κ1) is 16.1. The molecule has 4 nitrogen and oxygen atoms in total. The number of aromatic hydroxyl groups is 1. The van der Waals surface area contributed by atoms with E-state index in [0.717, 1.165) is 42.3 Å². The van der Waals surface area contributed by atoms with Crippen LogP contribution in [0.2, 0.25) is 5.02 Å². The molecule has 0 unspecified atom stereocenters. The van der Waals surface area contributed by atoms with E-state index in [1.54, 1.807) is 7.05 Å². The third kappa shape index (κ3) is 3.28. The van der Waals surface area contributed by atoms with Crippen molar-refractivity contribution in [2.75, 3.05) is 20.1 Å². The lowest BCUT2D eigenvalue weighted by Gasteiger charge is -2.31. The first-order valence-corrected chi connectivity index (χ1v) is 8.31. The van der Waals surface area contributed by atoms with Gasteiger partial charge in [-0.3, -0.25) is 9.69 Å². The molecule has 0 spiro atoms. The lowest BCUT2D eigenvalue weighted by Crippen LogP contribution is -2.39. The molecule has 1 saturated heterocycles. The van der Waals surface area contributed by atoms with Crippen LogP contribution in [0.5, 0.6) is 5.75 Å². The van der Waals surface area contributed by atoms with Gasteiger partial charge in [-0.1, -0.05) is 35.9 Å². The predicted octanol–water partition coefficient (Wildman–Crippen LogP) is 3.16. The number of carbonyl (C=O) groups is 1. The summed E-state index contributed by atoms with van der Waals surface area (Å²) in [7, 11) is 1.68. The summed E-state index contributed by atoms with van der Waals surface area (Å²) in [6.45, 7) is 2.35. The molecule has 0 radical (unpaired) electrons. The molecule has 1 aliphatic rings. The van der Waals surface area contributed by atoms with Crippen LogP contribution in [0.4, 0.5) is 0 Å². The van der Waals surface area contributed by atoms with Crippen molar-refractivity contribution < 1.29 is 9.90 Å². The molecular formula is C18H21ClN2O2. The molecule has 122 valence electrons. The smallest absolute Gasteiger partial charge is 0.222 e. The summed E-state index contributed by atoms with van der Waals surface area (Å²) in [4.78, 5) is 14.0. The Bertz CT molecular complexity index is 724. The van der Waals surface area contributed by atoms with Gasteiger partial charge in [0.2, 0.25) is 5.91 Å². The van der Waals surface area contributed by atoms with Gasteiger partial charge in [0.1, 0.15) is 5.75 Å². The average Bonchev–Trinajstić information content (AvgIpc) is 2.59. The molecule has 1 amide bonds. The minimum absolute atomic E-state index is 0.102. The molecule has 2 aromatic rings. The third-order valence-corrected chi connectivity index (χ3v) is 4.96. The Hall–Kier alpha value is -1.78. The van der Waals surface area contributed by atoms with Crippen LogP contribution in [0, 0.1) is 5.92 Å². The molecule has 0 aromatic heterocycles. The first-order chi connectivity index (χ1) is 11.1. The number of fused-ring (bicyclic) bond motifs is 1. The average molecular weight is 333 g/mol. The number of hydrogen-bond donors (Lipinski definition) is 2. The Morgan fingerprint density at radius 1 is 1.30 bits per heavy atom. The molecule has 0 saturated carbocycles. The zero-order valence-corrected chi connectivity index (χ0v) is 13.9. The molecule has 1 heterocycles. The minimum atomic E-state index is 0.102. The number of amides is 1. The van der Waals surface area contributed by atoms with Gasteiger partial charge in [0, 0.05) is 40.9 Å². The fourth-order valence-electron chi connectivity index (χ4n) is 3.29. The second-order valence-corrected chi connectivity index (χ2v) is 6.48. The predicted molar refractivity (Wildman–Crippen MR) is 92.7 cm³/mol. The van der Waals surface area contributed by atoms with E-state index in [0.29, 0.717) is 17.3 Å². The highest BCUT2D eigenvalue weighted by Gasteiger charge is 2.24. The van der Waals surface area contributed by atoms with E-state index in [9.17, 15) is 9.90 Å². The SMILES string of the molecule is CNC(=O)C1CCN(Cc2cc(Cl)c3ccccc3c2O)CC1. The van der Waals surface area contributed by atoms with Gasteiger partial charge in [0.25, 0.3) is 0 Å². The van der Waals surface area contributed by atoms with Crippen molar-refractivity contribution in [2.24, 2.45) is 5.92 Å². The number of nitrogens with zero attached hydrogens (tertiary/aromatic N) is 1. The summed E-state index contributed by atoms with van der Waals surface area (Å²) in [6.07, 6.45) is 1.70. The second-order valence-electron chi connectivity index (χ2n) is 6.08. The maximum Gasteiger partial charge on any atom is 0.222 e. The van der Waals surface area contributed by atoms with Crippen LogP contribution >= 0.6 is 11.6 Å². The molecule has 2 aromatic carbocycles. The Balaban J connectivity index is 1.75. The molecule has 23 heavy (non-hydrogen) atoms.